The molecule has 5 heteroatoms. The van der Waals surface area contributed by atoms with Gasteiger partial charge in [-0.25, -0.2) is 8.78 Å². The second-order valence-electron chi connectivity index (χ2n) is 3.93. The van der Waals surface area contributed by atoms with E-state index in [1.54, 1.807) is 0 Å². The van der Waals surface area contributed by atoms with E-state index in [1.807, 2.05) is 4.90 Å². The summed E-state index contributed by atoms with van der Waals surface area (Å²) in [4.78, 5) is 1.99. The van der Waals surface area contributed by atoms with E-state index >= 15 is 0 Å². The van der Waals surface area contributed by atoms with Gasteiger partial charge in [0.25, 0.3) is 0 Å². The third-order valence-electron chi connectivity index (χ3n) is 2.58. The predicted octanol–water partition coefficient (Wildman–Crippen LogP) is 2.18. The number of piperazine rings is 1. The van der Waals surface area contributed by atoms with Crippen LogP contribution in [0.5, 0.6) is 0 Å². The summed E-state index contributed by atoms with van der Waals surface area (Å²) in [6.45, 7) is 4.47. The van der Waals surface area contributed by atoms with Gasteiger partial charge in [0.15, 0.2) is 0 Å². The minimum Gasteiger partial charge on any atom is -0.369 e. The van der Waals surface area contributed by atoms with Crippen molar-refractivity contribution in [2.24, 2.45) is 0 Å². The van der Waals surface area contributed by atoms with Crippen molar-refractivity contribution in [3.8, 4) is 0 Å². The lowest BCUT2D eigenvalue weighted by Crippen LogP contribution is -2.49. The Balaban J connectivity index is 0.00000128. The molecule has 16 heavy (non-hydrogen) atoms. The maximum Gasteiger partial charge on any atom is 0.128 e. The van der Waals surface area contributed by atoms with Gasteiger partial charge in [0.1, 0.15) is 11.6 Å². The number of anilines is 1. The maximum absolute atomic E-state index is 13.0. The van der Waals surface area contributed by atoms with E-state index in [0.29, 0.717) is 11.7 Å². The quantitative estimate of drug-likeness (QED) is 0.820. The summed E-state index contributed by atoms with van der Waals surface area (Å²) >= 11 is 0. The van der Waals surface area contributed by atoms with Crippen molar-refractivity contribution in [2.75, 3.05) is 24.5 Å². The van der Waals surface area contributed by atoms with Crippen LogP contribution in [0.4, 0.5) is 14.5 Å². The van der Waals surface area contributed by atoms with Crippen molar-refractivity contribution in [1.82, 2.24) is 5.32 Å². The fraction of sp³-hybridized carbons (Fsp3) is 0.455. The highest BCUT2D eigenvalue weighted by Gasteiger charge is 2.16. The highest BCUT2D eigenvalue weighted by Crippen LogP contribution is 2.19. The Morgan fingerprint density at radius 2 is 1.88 bits per heavy atom. The highest BCUT2D eigenvalue weighted by molar-refractivity contribution is 5.85. The van der Waals surface area contributed by atoms with Gasteiger partial charge in [-0.2, -0.15) is 0 Å². The van der Waals surface area contributed by atoms with Crippen LogP contribution in [0, 0.1) is 11.6 Å². The number of hydrogen-bond acceptors (Lipinski definition) is 2. The number of hydrogen-bond donors (Lipinski definition) is 1. The van der Waals surface area contributed by atoms with Crippen LogP contribution in [-0.2, 0) is 0 Å². The molecule has 1 saturated heterocycles. The van der Waals surface area contributed by atoms with Gasteiger partial charge < -0.3 is 10.2 Å². The molecule has 0 spiro atoms. The molecule has 1 aromatic carbocycles. The highest BCUT2D eigenvalue weighted by atomic mass is 35.5. The molecule has 0 aliphatic carbocycles. The minimum absolute atomic E-state index is 0. The lowest BCUT2D eigenvalue weighted by atomic mass is 10.2. The molecule has 0 saturated carbocycles. The zero-order chi connectivity index (χ0) is 10.8. The first kappa shape index (κ1) is 13.2. The van der Waals surface area contributed by atoms with E-state index < -0.39 is 11.6 Å². The fourth-order valence-electron chi connectivity index (χ4n) is 1.89. The van der Waals surface area contributed by atoms with Crippen molar-refractivity contribution >= 4 is 18.1 Å². The number of rotatable bonds is 1. The Kier molecular flexibility index (Phi) is 4.50. The molecule has 0 radical (unpaired) electrons. The second kappa shape index (κ2) is 5.46. The van der Waals surface area contributed by atoms with Crippen LogP contribution in [0.3, 0.4) is 0 Å². The average Bonchev–Trinajstić information content (AvgIpc) is 2.16. The number of benzene rings is 1. The first-order valence-electron chi connectivity index (χ1n) is 5.09. The monoisotopic (exact) mass is 248 g/mol. The van der Waals surface area contributed by atoms with Gasteiger partial charge in [0.2, 0.25) is 0 Å². The Morgan fingerprint density at radius 3 is 2.44 bits per heavy atom. The predicted molar refractivity (Wildman–Crippen MR) is 63.3 cm³/mol. The lowest BCUT2D eigenvalue weighted by molar-refractivity contribution is 0.482. The summed E-state index contributed by atoms with van der Waals surface area (Å²) < 4.78 is 26.0. The molecule has 0 aromatic heterocycles. The zero-order valence-electron chi connectivity index (χ0n) is 9.04. The molecule has 1 aliphatic heterocycles. The van der Waals surface area contributed by atoms with Crippen LogP contribution < -0.4 is 10.2 Å². The van der Waals surface area contributed by atoms with Gasteiger partial charge in [-0.15, -0.1) is 12.4 Å². The Labute approximate surface area is 100 Å². The fourth-order valence-corrected chi connectivity index (χ4v) is 1.89. The van der Waals surface area contributed by atoms with Crippen LogP contribution in [0.2, 0.25) is 0 Å². The molecule has 0 unspecified atom stereocenters. The van der Waals surface area contributed by atoms with Crippen molar-refractivity contribution in [1.29, 1.82) is 0 Å². The maximum atomic E-state index is 13.0. The molecule has 2 nitrogen and oxygen atoms in total. The van der Waals surface area contributed by atoms with Gasteiger partial charge in [0, 0.05) is 37.4 Å². The van der Waals surface area contributed by atoms with Crippen LogP contribution in [0.1, 0.15) is 6.92 Å². The summed E-state index contributed by atoms with van der Waals surface area (Å²) in [5.74, 6) is -1.03. The number of nitrogens with zero attached hydrogens (tertiary/aromatic N) is 1. The van der Waals surface area contributed by atoms with Gasteiger partial charge in [-0.1, -0.05) is 0 Å². The van der Waals surface area contributed by atoms with Crippen LogP contribution in [-0.4, -0.2) is 25.7 Å². The minimum atomic E-state index is -0.517. The Bertz CT molecular complexity index is 340. The summed E-state index contributed by atoms with van der Waals surface area (Å²) in [5.41, 5.74) is 0.626. The molecule has 1 heterocycles. The Morgan fingerprint density at radius 1 is 1.25 bits per heavy atom. The largest absolute Gasteiger partial charge is 0.369 e. The Hall–Kier alpha value is -0.870. The zero-order valence-corrected chi connectivity index (χ0v) is 9.86. The topological polar surface area (TPSA) is 15.3 Å². The molecule has 1 N–H and O–H groups in total. The third-order valence-corrected chi connectivity index (χ3v) is 2.58. The molecule has 2 rings (SSSR count). The average molecular weight is 249 g/mol. The standard InChI is InChI=1S/C11H14F2N2.ClH/c1-8-7-15(3-2-14-8)11-5-9(12)4-10(13)6-11;/h4-6,8,14H,2-3,7H2,1H3;1H/t8-;/m1./s1. The van der Waals surface area contributed by atoms with Gasteiger partial charge in [-0.3, -0.25) is 0 Å². The first-order chi connectivity index (χ1) is 7.15. The molecular weight excluding hydrogens is 234 g/mol. The second-order valence-corrected chi connectivity index (χ2v) is 3.93. The molecular formula is C11H15ClF2N2. The van der Waals surface area contributed by atoms with E-state index in [2.05, 4.69) is 12.2 Å². The van der Waals surface area contributed by atoms with Gasteiger partial charge in [0.05, 0.1) is 0 Å². The van der Waals surface area contributed by atoms with Crippen LogP contribution in [0.25, 0.3) is 0 Å². The van der Waals surface area contributed by atoms with Crippen LogP contribution >= 0.6 is 12.4 Å². The van der Waals surface area contributed by atoms with E-state index in [4.69, 9.17) is 0 Å². The summed E-state index contributed by atoms with van der Waals surface area (Å²) in [6, 6.07) is 4.00. The molecule has 0 bridgehead atoms. The van der Waals surface area contributed by atoms with Gasteiger partial charge in [-0.05, 0) is 19.1 Å². The molecule has 1 aromatic rings. The molecule has 1 aliphatic rings. The van der Waals surface area contributed by atoms with Crippen molar-refractivity contribution in [3.63, 3.8) is 0 Å². The van der Waals surface area contributed by atoms with Crippen LogP contribution in [0.15, 0.2) is 18.2 Å². The lowest BCUT2D eigenvalue weighted by Gasteiger charge is -2.33. The van der Waals surface area contributed by atoms with E-state index in [1.165, 1.54) is 12.1 Å². The van der Waals surface area contributed by atoms with E-state index in [-0.39, 0.29) is 12.4 Å². The van der Waals surface area contributed by atoms with Crippen molar-refractivity contribution in [3.05, 3.63) is 29.8 Å². The normalized spacial score (nSPS) is 20.4. The first-order valence-corrected chi connectivity index (χ1v) is 5.09. The SMILES string of the molecule is C[C@@H]1CN(c2cc(F)cc(F)c2)CCN1.Cl. The molecule has 1 atom stereocenters. The van der Waals surface area contributed by atoms with Crippen molar-refractivity contribution in [2.45, 2.75) is 13.0 Å². The molecule has 1 fully saturated rings. The smallest absolute Gasteiger partial charge is 0.128 e. The number of halogens is 3. The number of nitrogens with one attached hydrogen (secondary N) is 1. The third kappa shape index (κ3) is 3.06. The summed E-state index contributed by atoms with van der Waals surface area (Å²) in [7, 11) is 0. The molecule has 0 amide bonds. The summed E-state index contributed by atoms with van der Waals surface area (Å²) in [5, 5.41) is 3.28. The molecule has 90 valence electrons. The van der Waals surface area contributed by atoms with E-state index in [9.17, 15) is 8.78 Å². The van der Waals surface area contributed by atoms with Crippen molar-refractivity contribution < 1.29 is 8.78 Å². The summed E-state index contributed by atoms with van der Waals surface area (Å²) in [6.07, 6.45) is 0. The van der Waals surface area contributed by atoms with E-state index in [0.717, 1.165) is 25.7 Å². The van der Waals surface area contributed by atoms with Gasteiger partial charge >= 0.3 is 0 Å².